The molecule has 0 unspecified atom stereocenters. The molecule has 0 radical (unpaired) electrons. The molecule has 2 amide bonds. The van der Waals surface area contributed by atoms with Crippen molar-refractivity contribution in [1.29, 1.82) is 0 Å². The minimum Gasteiger partial charge on any atom is -0.406 e. The molecular weight excluding hydrogens is 347 g/mol. The predicted octanol–water partition coefficient (Wildman–Crippen LogP) is 3.18. The van der Waals surface area contributed by atoms with Crippen molar-refractivity contribution in [3.8, 4) is 5.75 Å². The van der Waals surface area contributed by atoms with Gasteiger partial charge in [0.1, 0.15) is 5.75 Å². The number of benzene rings is 1. The summed E-state index contributed by atoms with van der Waals surface area (Å²) in [5, 5.41) is 7.05. The standard InChI is InChI=1S/C14H12F3N3O3S/c1-8(21)18-13-20-10(7-24-13)6-12(22)19-9-2-4-11(5-3-9)23-14(15,16)17/h2-5,7H,6H2,1H3,(H,19,22)(H,18,20,21). The molecule has 0 aliphatic rings. The number of carbonyl (C=O) groups excluding carboxylic acids is 2. The fourth-order valence-electron chi connectivity index (χ4n) is 1.71. The summed E-state index contributed by atoms with van der Waals surface area (Å²) in [6, 6.07) is 4.78. The Morgan fingerprint density at radius 3 is 2.46 bits per heavy atom. The molecule has 0 saturated heterocycles. The monoisotopic (exact) mass is 359 g/mol. The van der Waals surface area contributed by atoms with E-state index in [4.69, 9.17) is 0 Å². The van der Waals surface area contributed by atoms with Crippen molar-refractivity contribution in [1.82, 2.24) is 4.98 Å². The number of thiazole rings is 1. The zero-order valence-corrected chi connectivity index (χ0v) is 13.1. The van der Waals surface area contributed by atoms with E-state index in [0.29, 0.717) is 16.5 Å². The molecule has 0 bridgehead atoms. The van der Waals surface area contributed by atoms with E-state index in [2.05, 4.69) is 20.4 Å². The van der Waals surface area contributed by atoms with Gasteiger partial charge in [-0.2, -0.15) is 0 Å². The van der Waals surface area contributed by atoms with Gasteiger partial charge in [-0.3, -0.25) is 9.59 Å². The van der Waals surface area contributed by atoms with Crippen LogP contribution in [0.2, 0.25) is 0 Å². The van der Waals surface area contributed by atoms with Crippen molar-refractivity contribution in [3.05, 3.63) is 35.3 Å². The Kier molecular flexibility index (Phi) is 5.39. The maximum atomic E-state index is 12.1. The smallest absolute Gasteiger partial charge is 0.406 e. The van der Waals surface area contributed by atoms with Crippen molar-refractivity contribution in [3.63, 3.8) is 0 Å². The Labute approximate surface area is 138 Å². The van der Waals surface area contributed by atoms with Crippen molar-refractivity contribution in [2.24, 2.45) is 0 Å². The molecule has 0 aliphatic heterocycles. The van der Waals surface area contributed by atoms with Crippen LogP contribution in [0.25, 0.3) is 0 Å². The fraction of sp³-hybridized carbons (Fsp3) is 0.214. The summed E-state index contributed by atoms with van der Waals surface area (Å²) in [6.07, 6.45) is -4.79. The van der Waals surface area contributed by atoms with Gasteiger partial charge in [0, 0.05) is 18.0 Å². The van der Waals surface area contributed by atoms with Gasteiger partial charge in [-0.15, -0.1) is 24.5 Å². The number of aromatic nitrogens is 1. The van der Waals surface area contributed by atoms with Crippen LogP contribution in [0.5, 0.6) is 5.75 Å². The number of halogens is 3. The highest BCUT2D eigenvalue weighted by atomic mass is 32.1. The molecule has 128 valence electrons. The van der Waals surface area contributed by atoms with Gasteiger partial charge in [0.05, 0.1) is 12.1 Å². The Morgan fingerprint density at radius 1 is 1.21 bits per heavy atom. The van der Waals surface area contributed by atoms with Gasteiger partial charge < -0.3 is 15.4 Å². The Bertz CT molecular complexity index is 729. The minimum atomic E-state index is -4.76. The van der Waals surface area contributed by atoms with E-state index >= 15 is 0 Å². The average molecular weight is 359 g/mol. The highest BCUT2D eigenvalue weighted by molar-refractivity contribution is 7.13. The topological polar surface area (TPSA) is 80.3 Å². The van der Waals surface area contributed by atoms with E-state index in [0.717, 1.165) is 12.1 Å². The number of hydrogen-bond donors (Lipinski definition) is 2. The van der Waals surface area contributed by atoms with Crippen LogP contribution in [0.1, 0.15) is 12.6 Å². The van der Waals surface area contributed by atoms with Crippen LogP contribution < -0.4 is 15.4 Å². The van der Waals surface area contributed by atoms with E-state index in [-0.39, 0.29) is 24.0 Å². The van der Waals surface area contributed by atoms with E-state index in [1.165, 1.54) is 30.4 Å². The van der Waals surface area contributed by atoms with Crippen LogP contribution in [0.4, 0.5) is 24.0 Å². The lowest BCUT2D eigenvalue weighted by atomic mass is 10.2. The number of nitrogens with zero attached hydrogens (tertiary/aromatic N) is 1. The number of hydrogen-bond acceptors (Lipinski definition) is 5. The second-order valence-corrected chi connectivity index (χ2v) is 5.48. The largest absolute Gasteiger partial charge is 0.573 e. The van der Waals surface area contributed by atoms with E-state index < -0.39 is 6.36 Å². The van der Waals surface area contributed by atoms with Crippen LogP contribution >= 0.6 is 11.3 Å². The number of ether oxygens (including phenoxy) is 1. The molecule has 1 heterocycles. The molecule has 24 heavy (non-hydrogen) atoms. The Hall–Kier alpha value is -2.62. The maximum absolute atomic E-state index is 12.1. The highest BCUT2D eigenvalue weighted by Gasteiger charge is 2.30. The van der Waals surface area contributed by atoms with Gasteiger partial charge in [0.25, 0.3) is 0 Å². The Balaban J connectivity index is 1.90. The first kappa shape index (κ1) is 17.7. The summed E-state index contributed by atoms with van der Waals surface area (Å²) in [5.74, 6) is -1.03. The van der Waals surface area contributed by atoms with Crippen molar-refractivity contribution >= 4 is 34.0 Å². The van der Waals surface area contributed by atoms with Crippen LogP contribution in [-0.2, 0) is 16.0 Å². The SMILES string of the molecule is CC(=O)Nc1nc(CC(=O)Nc2ccc(OC(F)(F)F)cc2)cs1. The van der Waals surface area contributed by atoms with Crippen LogP contribution in [0.3, 0.4) is 0 Å². The van der Waals surface area contributed by atoms with Gasteiger partial charge in [0.2, 0.25) is 11.8 Å². The van der Waals surface area contributed by atoms with Gasteiger partial charge >= 0.3 is 6.36 Å². The summed E-state index contributed by atoms with van der Waals surface area (Å²) in [7, 11) is 0. The summed E-state index contributed by atoms with van der Waals surface area (Å²) in [6.45, 7) is 1.35. The predicted molar refractivity (Wildman–Crippen MR) is 81.9 cm³/mol. The molecule has 1 aromatic heterocycles. The lowest BCUT2D eigenvalue weighted by Gasteiger charge is -2.09. The van der Waals surface area contributed by atoms with Gasteiger partial charge in [0.15, 0.2) is 5.13 Å². The Morgan fingerprint density at radius 2 is 1.88 bits per heavy atom. The van der Waals surface area contributed by atoms with Gasteiger partial charge in [-0.25, -0.2) is 4.98 Å². The second kappa shape index (κ2) is 7.30. The molecule has 2 rings (SSSR count). The third-order valence-corrected chi connectivity index (χ3v) is 3.35. The van der Waals surface area contributed by atoms with E-state index in [1.807, 2.05) is 0 Å². The van der Waals surface area contributed by atoms with Gasteiger partial charge in [-0.1, -0.05) is 0 Å². The normalized spacial score (nSPS) is 11.0. The van der Waals surface area contributed by atoms with Crippen LogP contribution in [0.15, 0.2) is 29.6 Å². The molecule has 0 spiro atoms. The number of nitrogens with one attached hydrogen (secondary N) is 2. The van der Waals surface area contributed by atoms with E-state index in [1.54, 1.807) is 5.38 Å². The van der Waals surface area contributed by atoms with Crippen molar-refractivity contribution < 1.29 is 27.5 Å². The quantitative estimate of drug-likeness (QED) is 0.859. The average Bonchev–Trinajstić information content (AvgIpc) is 2.85. The molecular formula is C14H12F3N3O3S. The minimum absolute atomic E-state index is 0.0309. The number of carbonyl (C=O) groups is 2. The number of rotatable bonds is 5. The molecule has 0 saturated carbocycles. The first-order valence-corrected chi connectivity index (χ1v) is 7.47. The third-order valence-electron chi connectivity index (χ3n) is 2.55. The van der Waals surface area contributed by atoms with Crippen LogP contribution in [-0.4, -0.2) is 23.2 Å². The molecule has 1 aromatic carbocycles. The summed E-state index contributed by atoms with van der Waals surface area (Å²) in [4.78, 5) is 26.8. The van der Waals surface area contributed by atoms with Crippen molar-refractivity contribution in [2.45, 2.75) is 19.7 Å². The zero-order valence-electron chi connectivity index (χ0n) is 12.3. The highest BCUT2D eigenvalue weighted by Crippen LogP contribution is 2.24. The summed E-state index contributed by atoms with van der Waals surface area (Å²) < 4.78 is 39.9. The van der Waals surface area contributed by atoms with Gasteiger partial charge in [-0.05, 0) is 24.3 Å². The summed E-state index contributed by atoms with van der Waals surface area (Å²) >= 11 is 1.19. The number of alkyl halides is 3. The lowest BCUT2D eigenvalue weighted by Crippen LogP contribution is -2.17. The molecule has 10 heteroatoms. The summed E-state index contributed by atoms with van der Waals surface area (Å²) in [5.41, 5.74) is 0.796. The van der Waals surface area contributed by atoms with E-state index in [9.17, 15) is 22.8 Å². The molecule has 0 fully saturated rings. The first-order chi connectivity index (χ1) is 11.2. The number of amides is 2. The van der Waals surface area contributed by atoms with Crippen molar-refractivity contribution in [2.75, 3.05) is 10.6 Å². The molecule has 0 aliphatic carbocycles. The second-order valence-electron chi connectivity index (χ2n) is 4.62. The molecule has 0 atom stereocenters. The van der Waals surface area contributed by atoms with Crippen LogP contribution in [0, 0.1) is 0 Å². The zero-order chi connectivity index (χ0) is 17.7. The fourth-order valence-corrected chi connectivity index (χ4v) is 2.46. The number of anilines is 2. The first-order valence-electron chi connectivity index (χ1n) is 6.59. The lowest BCUT2D eigenvalue weighted by molar-refractivity contribution is -0.274. The third kappa shape index (κ3) is 5.88. The molecule has 6 nitrogen and oxygen atoms in total. The maximum Gasteiger partial charge on any atom is 0.573 e. The molecule has 2 aromatic rings. The molecule has 2 N–H and O–H groups in total.